The van der Waals surface area contributed by atoms with Crippen molar-refractivity contribution in [1.82, 2.24) is 20.9 Å². The average Bonchev–Trinajstić information content (AvgIpc) is 2.75. The predicted octanol–water partition coefficient (Wildman–Crippen LogP) is 0.951. The highest BCUT2D eigenvalue weighted by atomic mass is 32.1. The highest BCUT2D eigenvalue weighted by Crippen LogP contribution is 2.15. The number of carbonyl (C=O) groups excluding carboxylic acids is 1. The van der Waals surface area contributed by atoms with Crippen molar-refractivity contribution in [2.45, 2.75) is 33.7 Å². The molecule has 20 heavy (non-hydrogen) atoms. The summed E-state index contributed by atoms with van der Waals surface area (Å²) in [6, 6.07) is 0. The molecule has 1 heterocycles. The van der Waals surface area contributed by atoms with Crippen LogP contribution < -0.4 is 16.0 Å². The number of hydrogen-bond acceptors (Lipinski definition) is 4. The largest absolute Gasteiger partial charge is 0.355 e. The zero-order chi connectivity index (χ0) is 15.0. The lowest BCUT2D eigenvalue weighted by Crippen LogP contribution is -2.43. The summed E-state index contributed by atoms with van der Waals surface area (Å²) in [6.07, 6.45) is 0.932. The fourth-order valence-corrected chi connectivity index (χ4v) is 2.36. The van der Waals surface area contributed by atoms with Crippen molar-refractivity contribution in [2.75, 3.05) is 20.1 Å². The van der Waals surface area contributed by atoms with Gasteiger partial charge in [0.1, 0.15) is 5.01 Å². The molecule has 0 atom stereocenters. The smallest absolute Gasteiger partial charge is 0.239 e. The molecule has 1 aromatic rings. The molecule has 1 amide bonds. The third kappa shape index (κ3) is 5.56. The summed E-state index contributed by atoms with van der Waals surface area (Å²) in [5.41, 5.74) is 1.06. The van der Waals surface area contributed by atoms with E-state index in [4.69, 9.17) is 0 Å². The Bertz CT molecular complexity index is 450. The van der Waals surface area contributed by atoms with Crippen LogP contribution in [0.1, 0.15) is 28.9 Å². The molecule has 0 bridgehead atoms. The Morgan fingerprint density at radius 3 is 2.60 bits per heavy atom. The van der Waals surface area contributed by atoms with E-state index in [9.17, 15) is 4.79 Å². The van der Waals surface area contributed by atoms with Crippen molar-refractivity contribution in [3.05, 3.63) is 15.6 Å². The number of carbonyl (C=O) groups is 1. The van der Waals surface area contributed by atoms with Crippen LogP contribution in [0.3, 0.4) is 0 Å². The number of thiazole rings is 1. The maximum atomic E-state index is 11.5. The number of aryl methyl sites for hydroxylation is 2. The number of nitrogens with zero attached hydrogens (tertiary/aromatic N) is 2. The number of nitrogens with one attached hydrogen (secondary N) is 3. The highest BCUT2D eigenvalue weighted by Gasteiger charge is 2.06. The molecule has 112 valence electrons. The van der Waals surface area contributed by atoms with E-state index >= 15 is 0 Å². The first kappa shape index (κ1) is 16.4. The molecule has 1 rings (SSSR count). The van der Waals surface area contributed by atoms with Crippen molar-refractivity contribution >= 4 is 23.2 Å². The molecule has 0 aliphatic rings. The molecule has 0 saturated heterocycles. The topological polar surface area (TPSA) is 78.4 Å². The van der Waals surface area contributed by atoms with E-state index in [2.05, 4.69) is 32.9 Å². The van der Waals surface area contributed by atoms with E-state index < -0.39 is 0 Å². The van der Waals surface area contributed by atoms with Gasteiger partial charge in [-0.25, -0.2) is 4.98 Å². The molecule has 7 heteroatoms. The summed E-state index contributed by atoms with van der Waals surface area (Å²) >= 11 is 1.67. The maximum Gasteiger partial charge on any atom is 0.239 e. The summed E-state index contributed by atoms with van der Waals surface area (Å²) in [5.74, 6) is 0.567. The molecule has 0 saturated carbocycles. The maximum absolute atomic E-state index is 11.5. The molecule has 0 spiro atoms. The second-order valence-electron chi connectivity index (χ2n) is 4.38. The fourth-order valence-electron chi connectivity index (χ4n) is 1.49. The lowest BCUT2D eigenvalue weighted by molar-refractivity contribution is -0.120. The molecular weight excluding hydrogens is 274 g/mol. The Hall–Kier alpha value is -1.63. The van der Waals surface area contributed by atoms with Crippen LogP contribution in [-0.2, 0) is 11.3 Å². The molecule has 0 aliphatic carbocycles. The standard InChI is InChI=1S/C13H23N5OS/c1-5-6-15-11(19)7-16-13(14-4)17-8-12-18-9(2)10(3)20-12/h5-8H2,1-4H3,(H,15,19)(H2,14,16,17). The van der Waals surface area contributed by atoms with Gasteiger partial charge in [0.25, 0.3) is 0 Å². The Morgan fingerprint density at radius 1 is 1.30 bits per heavy atom. The minimum absolute atomic E-state index is 0.0317. The molecule has 6 nitrogen and oxygen atoms in total. The van der Waals surface area contributed by atoms with E-state index in [1.165, 1.54) is 4.88 Å². The Kier molecular flexibility index (Phi) is 7.00. The second kappa shape index (κ2) is 8.52. The van der Waals surface area contributed by atoms with Gasteiger partial charge in [0.15, 0.2) is 5.96 Å². The van der Waals surface area contributed by atoms with Gasteiger partial charge < -0.3 is 16.0 Å². The fraction of sp³-hybridized carbons (Fsp3) is 0.615. The number of amides is 1. The van der Waals surface area contributed by atoms with Gasteiger partial charge in [0.05, 0.1) is 18.8 Å². The molecule has 0 aliphatic heterocycles. The molecule has 0 aromatic carbocycles. The first-order valence-electron chi connectivity index (χ1n) is 6.71. The zero-order valence-corrected chi connectivity index (χ0v) is 13.4. The van der Waals surface area contributed by atoms with Crippen LogP contribution in [0.5, 0.6) is 0 Å². The van der Waals surface area contributed by atoms with Crippen LogP contribution in [0, 0.1) is 13.8 Å². The first-order valence-corrected chi connectivity index (χ1v) is 7.52. The predicted molar refractivity (Wildman–Crippen MR) is 83.1 cm³/mol. The number of hydrogen-bond donors (Lipinski definition) is 3. The number of guanidine groups is 1. The molecule has 3 N–H and O–H groups in total. The highest BCUT2D eigenvalue weighted by molar-refractivity contribution is 7.11. The van der Waals surface area contributed by atoms with Gasteiger partial charge in [-0.15, -0.1) is 11.3 Å². The van der Waals surface area contributed by atoms with Gasteiger partial charge >= 0.3 is 0 Å². The van der Waals surface area contributed by atoms with Crippen LogP contribution in [0.4, 0.5) is 0 Å². The lowest BCUT2D eigenvalue weighted by Gasteiger charge is -2.10. The van der Waals surface area contributed by atoms with Crippen molar-refractivity contribution in [3.63, 3.8) is 0 Å². The van der Waals surface area contributed by atoms with E-state index in [1.54, 1.807) is 18.4 Å². The van der Waals surface area contributed by atoms with Gasteiger partial charge in [-0.2, -0.15) is 0 Å². The number of rotatable bonds is 6. The minimum atomic E-state index is -0.0317. The third-order valence-corrected chi connectivity index (χ3v) is 3.76. The summed E-state index contributed by atoms with van der Waals surface area (Å²) < 4.78 is 0. The molecule has 0 fully saturated rings. The monoisotopic (exact) mass is 297 g/mol. The average molecular weight is 297 g/mol. The Labute approximate surface area is 124 Å². The van der Waals surface area contributed by atoms with Crippen LogP contribution in [0.15, 0.2) is 4.99 Å². The van der Waals surface area contributed by atoms with E-state index in [1.807, 2.05) is 13.8 Å². The lowest BCUT2D eigenvalue weighted by atomic mass is 10.4. The summed E-state index contributed by atoms with van der Waals surface area (Å²) in [6.45, 7) is 7.60. The minimum Gasteiger partial charge on any atom is -0.355 e. The van der Waals surface area contributed by atoms with Crippen LogP contribution in [0.2, 0.25) is 0 Å². The van der Waals surface area contributed by atoms with E-state index in [0.29, 0.717) is 19.0 Å². The second-order valence-corrected chi connectivity index (χ2v) is 5.67. The normalized spacial score (nSPS) is 11.3. The van der Waals surface area contributed by atoms with Gasteiger partial charge in [0, 0.05) is 18.5 Å². The SMILES string of the molecule is CCCNC(=O)CNC(=NC)NCc1nc(C)c(C)s1. The van der Waals surface area contributed by atoms with Gasteiger partial charge in [-0.1, -0.05) is 6.92 Å². The molecule has 1 aromatic heterocycles. The van der Waals surface area contributed by atoms with E-state index in [-0.39, 0.29) is 12.5 Å². The van der Waals surface area contributed by atoms with Crippen molar-refractivity contribution in [1.29, 1.82) is 0 Å². The van der Waals surface area contributed by atoms with Crippen LogP contribution in [-0.4, -0.2) is 37.0 Å². The first-order chi connectivity index (χ1) is 9.56. The molecular formula is C13H23N5OS. The quantitative estimate of drug-likeness (QED) is 0.540. The Balaban J connectivity index is 2.35. The number of aromatic nitrogens is 1. The zero-order valence-electron chi connectivity index (χ0n) is 12.5. The van der Waals surface area contributed by atoms with E-state index in [0.717, 1.165) is 17.1 Å². The number of aliphatic imine (C=N–C) groups is 1. The Morgan fingerprint density at radius 2 is 2.05 bits per heavy atom. The van der Waals surface area contributed by atoms with Crippen LogP contribution in [0.25, 0.3) is 0 Å². The summed E-state index contributed by atoms with van der Waals surface area (Å²) in [7, 11) is 1.68. The van der Waals surface area contributed by atoms with Gasteiger partial charge in [-0.3, -0.25) is 9.79 Å². The van der Waals surface area contributed by atoms with Crippen molar-refractivity contribution in [2.24, 2.45) is 4.99 Å². The van der Waals surface area contributed by atoms with Gasteiger partial charge in [0.2, 0.25) is 5.91 Å². The third-order valence-electron chi connectivity index (χ3n) is 2.69. The van der Waals surface area contributed by atoms with Crippen LogP contribution >= 0.6 is 11.3 Å². The summed E-state index contributed by atoms with van der Waals surface area (Å²) in [5, 5.41) is 9.93. The summed E-state index contributed by atoms with van der Waals surface area (Å²) in [4.78, 5) is 21.2. The molecule has 0 radical (unpaired) electrons. The van der Waals surface area contributed by atoms with Gasteiger partial charge in [-0.05, 0) is 20.3 Å². The molecule has 0 unspecified atom stereocenters. The van der Waals surface area contributed by atoms with Crippen molar-refractivity contribution in [3.8, 4) is 0 Å². The van der Waals surface area contributed by atoms with Crippen molar-refractivity contribution < 1.29 is 4.79 Å².